The Hall–Kier alpha value is -1.36. The van der Waals surface area contributed by atoms with Crippen molar-refractivity contribution in [2.75, 3.05) is 13.7 Å². The molecule has 0 spiro atoms. The lowest BCUT2D eigenvalue weighted by molar-refractivity contribution is -0.145. The summed E-state index contributed by atoms with van der Waals surface area (Å²) in [5.41, 5.74) is 5.59. The highest BCUT2D eigenvalue weighted by atomic mass is 16.5. The molecule has 19 heavy (non-hydrogen) atoms. The normalized spacial score (nSPS) is 15.1. The van der Waals surface area contributed by atoms with Gasteiger partial charge < -0.3 is 15.4 Å². The van der Waals surface area contributed by atoms with Gasteiger partial charge in [-0.3, -0.25) is 9.59 Å². The summed E-state index contributed by atoms with van der Waals surface area (Å²) in [6.07, 6.45) is 3.20. The lowest BCUT2D eigenvalue weighted by Crippen LogP contribution is -2.47. The van der Waals surface area contributed by atoms with E-state index < -0.39 is 6.04 Å². The third kappa shape index (κ3) is 5.87. The molecule has 0 rings (SSSR count). The summed E-state index contributed by atoms with van der Waals surface area (Å²) < 4.78 is 4.88. The van der Waals surface area contributed by atoms with Crippen LogP contribution in [0.5, 0.6) is 0 Å². The molecule has 0 saturated carbocycles. The van der Waals surface area contributed by atoms with Crippen LogP contribution in [0.2, 0.25) is 0 Å². The van der Waals surface area contributed by atoms with Gasteiger partial charge in [0.15, 0.2) is 0 Å². The van der Waals surface area contributed by atoms with Crippen molar-refractivity contribution in [3.8, 4) is 0 Å². The Kier molecular flexibility index (Phi) is 6.76. The molecule has 0 fully saturated rings. The van der Waals surface area contributed by atoms with Gasteiger partial charge in [0, 0.05) is 13.2 Å². The first kappa shape index (κ1) is 17.6. The van der Waals surface area contributed by atoms with Crippen molar-refractivity contribution in [2.24, 2.45) is 17.1 Å². The van der Waals surface area contributed by atoms with Crippen molar-refractivity contribution in [2.45, 2.75) is 40.7 Å². The predicted molar refractivity (Wildman–Crippen MR) is 75.1 cm³/mol. The summed E-state index contributed by atoms with van der Waals surface area (Å²) in [5.74, 6) is -0.874. The molecule has 110 valence electrons. The van der Waals surface area contributed by atoms with E-state index in [-0.39, 0.29) is 23.2 Å². The highest BCUT2D eigenvalue weighted by Gasteiger charge is 2.29. The van der Waals surface area contributed by atoms with Crippen LogP contribution in [0.4, 0.5) is 0 Å². The monoisotopic (exact) mass is 270 g/mol. The average molecular weight is 270 g/mol. The molecule has 2 atom stereocenters. The smallest absolute Gasteiger partial charge is 0.312 e. The lowest BCUT2D eigenvalue weighted by Gasteiger charge is -2.28. The number of rotatable bonds is 5. The Morgan fingerprint density at radius 2 is 1.89 bits per heavy atom. The second kappa shape index (κ2) is 7.28. The van der Waals surface area contributed by atoms with Crippen LogP contribution in [0.15, 0.2) is 12.3 Å². The van der Waals surface area contributed by atoms with Gasteiger partial charge in [0.1, 0.15) is 0 Å². The van der Waals surface area contributed by atoms with Crippen LogP contribution in [-0.2, 0) is 14.3 Å². The van der Waals surface area contributed by atoms with Gasteiger partial charge in [0.25, 0.3) is 0 Å². The molecule has 0 radical (unpaired) electrons. The molecule has 5 nitrogen and oxygen atoms in total. The molecule has 5 heteroatoms. The average Bonchev–Trinajstić information content (AvgIpc) is 2.32. The van der Waals surface area contributed by atoms with Crippen molar-refractivity contribution < 1.29 is 14.3 Å². The van der Waals surface area contributed by atoms with Crippen molar-refractivity contribution in [3.63, 3.8) is 0 Å². The quantitative estimate of drug-likeness (QED) is 0.769. The number of amides is 1. The summed E-state index contributed by atoms with van der Waals surface area (Å²) in [4.78, 5) is 24.9. The fourth-order valence-electron chi connectivity index (χ4n) is 1.27. The van der Waals surface area contributed by atoms with Gasteiger partial charge in [-0.05, 0) is 19.3 Å². The van der Waals surface area contributed by atoms with Gasteiger partial charge >= 0.3 is 5.97 Å². The molecule has 0 bridgehead atoms. The van der Waals surface area contributed by atoms with Crippen LogP contribution in [0, 0.1) is 11.3 Å². The van der Waals surface area contributed by atoms with Gasteiger partial charge in [-0.1, -0.05) is 26.8 Å². The van der Waals surface area contributed by atoms with E-state index in [0.717, 1.165) is 0 Å². The molecule has 0 aliphatic rings. The van der Waals surface area contributed by atoms with Gasteiger partial charge in [-0.2, -0.15) is 0 Å². The Morgan fingerprint density at radius 1 is 1.37 bits per heavy atom. The van der Waals surface area contributed by atoms with Crippen LogP contribution < -0.4 is 5.73 Å². The molecule has 1 unspecified atom stereocenters. The van der Waals surface area contributed by atoms with E-state index in [1.807, 2.05) is 20.8 Å². The topological polar surface area (TPSA) is 72.6 Å². The van der Waals surface area contributed by atoms with Gasteiger partial charge in [0.05, 0.1) is 18.6 Å². The number of hydrogen-bond donors (Lipinski definition) is 1. The van der Waals surface area contributed by atoms with E-state index in [1.54, 1.807) is 33.2 Å². The van der Waals surface area contributed by atoms with Gasteiger partial charge in [0.2, 0.25) is 5.91 Å². The van der Waals surface area contributed by atoms with Crippen molar-refractivity contribution in [3.05, 3.63) is 12.3 Å². The molecular formula is C14H26N2O3. The van der Waals surface area contributed by atoms with E-state index in [0.29, 0.717) is 6.61 Å². The van der Waals surface area contributed by atoms with Crippen molar-refractivity contribution in [1.82, 2.24) is 4.90 Å². The number of likely N-dealkylation sites (N-methyl/N-ethyl adjacent to an activating group) is 1. The molecule has 0 aliphatic carbocycles. The number of ether oxygens (including phenoxy) is 1. The highest BCUT2D eigenvalue weighted by molar-refractivity contribution is 5.83. The zero-order valence-corrected chi connectivity index (χ0v) is 12.8. The second-order valence-electron chi connectivity index (χ2n) is 5.68. The minimum absolute atomic E-state index is 0.181. The molecular weight excluding hydrogens is 244 g/mol. The fraction of sp³-hybridized carbons (Fsp3) is 0.714. The van der Waals surface area contributed by atoms with Crippen LogP contribution >= 0.6 is 0 Å². The zero-order valence-electron chi connectivity index (χ0n) is 12.8. The minimum Gasteiger partial charge on any atom is -0.466 e. The van der Waals surface area contributed by atoms with Crippen LogP contribution in [0.25, 0.3) is 0 Å². The predicted octanol–water partition coefficient (Wildman–Crippen LogP) is 1.53. The molecule has 0 heterocycles. The number of nitrogens with two attached hydrogens (primary N) is 1. The number of esters is 1. The molecule has 0 aromatic rings. The first-order valence-electron chi connectivity index (χ1n) is 6.48. The van der Waals surface area contributed by atoms with E-state index in [2.05, 4.69) is 0 Å². The summed E-state index contributed by atoms with van der Waals surface area (Å²) in [5, 5.41) is 0. The number of carbonyl (C=O) groups is 2. The number of hydrogen-bond acceptors (Lipinski definition) is 4. The van der Waals surface area contributed by atoms with E-state index in [1.165, 1.54) is 4.90 Å². The molecule has 0 aliphatic heterocycles. The Labute approximate surface area is 115 Å². The Bertz CT molecular complexity index is 345. The maximum absolute atomic E-state index is 12.0. The third-order valence-electron chi connectivity index (χ3n) is 2.80. The van der Waals surface area contributed by atoms with Crippen molar-refractivity contribution >= 4 is 11.9 Å². The Morgan fingerprint density at radius 3 is 2.32 bits per heavy atom. The second-order valence-corrected chi connectivity index (χ2v) is 5.68. The summed E-state index contributed by atoms with van der Waals surface area (Å²) in [6, 6.07) is -0.583. The Balaban J connectivity index is 4.56. The van der Waals surface area contributed by atoms with E-state index >= 15 is 0 Å². The largest absolute Gasteiger partial charge is 0.466 e. The minimum atomic E-state index is -0.583. The molecule has 1 amide bonds. The molecule has 0 aromatic heterocycles. The first-order chi connectivity index (χ1) is 8.61. The zero-order chi connectivity index (χ0) is 15.2. The third-order valence-corrected chi connectivity index (χ3v) is 2.80. The molecule has 0 saturated heterocycles. The lowest BCUT2D eigenvalue weighted by atomic mass is 9.86. The van der Waals surface area contributed by atoms with Crippen LogP contribution in [-0.4, -0.2) is 36.5 Å². The summed E-state index contributed by atoms with van der Waals surface area (Å²) >= 11 is 0. The van der Waals surface area contributed by atoms with Crippen molar-refractivity contribution in [1.29, 1.82) is 0 Å². The number of carbonyl (C=O) groups excluding carboxylic acids is 2. The molecule has 2 N–H and O–H groups in total. The standard InChI is InChI=1S/C14H26N2O3/c1-7-19-13(18)10(2)8-9-16(6)12(17)11(15)14(3,4)5/h8-11H,7,15H2,1-6H3/b9-8+/t10?,11-/m1/s1. The summed E-state index contributed by atoms with van der Waals surface area (Å²) in [7, 11) is 1.63. The molecule has 0 aromatic carbocycles. The van der Waals surface area contributed by atoms with Gasteiger partial charge in [-0.25, -0.2) is 0 Å². The maximum Gasteiger partial charge on any atom is 0.312 e. The number of nitrogens with zero attached hydrogens (tertiary/aromatic N) is 1. The van der Waals surface area contributed by atoms with E-state index in [9.17, 15) is 9.59 Å². The summed E-state index contributed by atoms with van der Waals surface area (Å²) in [6.45, 7) is 9.56. The first-order valence-corrected chi connectivity index (χ1v) is 6.48. The van der Waals surface area contributed by atoms with Crippen LogP contribution in [0.1, 0.15) is 34.6 Å². The SMILES string of the molecule is CCOC(=O)C(C)/C=C/N(C)C(=O)[C@@H](N)C(C)(C)C. The highest BCUT2D eigenvalue weighted by Crippen LogP contribution is 2.18. The van der Waals surface area contributed by atoms with Gasteiger partial charge in [-0.15, -0.1) is 0 Å². The van der Waals surface area contributed by atoms with Crippen LogP contribution in [0.3, 0.4) is 0 Å². The fourth-order valence-corrected chi connectivity index (χ4v) is 1.27. The van der Waals surface area contributed by atoms with E-state index in [4.69, 9.17) is 10.5 Å². The maximum atomic E-state index is 12.0.